The molecule has 2 amide bonds. The van der Waals surface area contributed by atoms with Gasteiger partial charge in [-0.3, -0.25) is 4.79 Å². The third-order valence-electron chi connectivity index (χ3n) is 3.89. The van der Waals surface area contributed by atoms with Crippen LogP contribution in [-0.2, 0) is 4.79 Å². The quantitative estimate of drug-likeness (QED) is 0.798. The lowest BCUT2D eigenvalue weighted by atomic mass is 9.88. The molecule has 0 bridgehead atoms. The van der Waals surface area contributed by atoms with E-state index < -0.39 is 11.9 Å². The van der Waals surface area contributed by atoms with E-state index in [1.165, 1.54) is 4.90 Å². The van der Waals surface area contributed by atoms with Gasteiger partial charge < -0.3 is 15.3 Å². The van der Waals surface area contributed by atoms with Crippen LogP contribution in [0.4, 0.5) is 4.79 Å². The van der Waals surface area contributed by atoms with Crippen LogP contribution < -0.4 is 5.32 Å². The molecule has 0 spiro atoms. The largest absolute Gasteiger partial charge is 0.481 e. The number of benzene rings is 1. The lowest BCUT2D eigenvalue weighted by molar-refractivity contribution is -0.141. The highest BCUT2D eigenvalue weighted by atomic mass is 35.5. The lowest BCUT2D eigenvalue weighted by Gasteiger charge is -2.25. The number of carboxylic acids is 1. The normalized spacial score (nSPS) is 13.5. The van der Waals surface area contributed by atoms with Crippen LogP contribution in [0, 0.1) is 11.8 Å². The fraction of sp³-hybridized carbons (Fsp3) is 0.529. The zero-order valence-electron chi connectivity index (χ0n) is 14.0. The maximum atomic E-state index is 12.1. The average Bonchev–Trinajstić information content (AvgIpc) is 2.48. The summed E-state index contributed by atoms with van der Waals surface area (Å²) in [6.07, 6.45) is 0. The van der Waals surface area contributed by atoms with Crippen LogP contribution in [0.3, 0.4) is 0 Å². The van der Waals surface area contributed by atoms with Gasteiger partial charge in [0.2, 0.25) is 0 Å². The molecular weight excluding hydrogens is 316 g/mol. The van der Waals surface area contributed by atoms with Gasteiger partial charge in [-0.15, -0.1) is 0 Å². The third-order valence-corrected chi connectivity index (χ3v) is 4.14. The van der Waals surface area contributed by atoms with Crippen molar-refractivity contribution in [3.8, 4) is 0 Å². The molecule has 0 aliphatic heterocycles. The van der Waals surface area contributed by atoms with Gasteiger partial charge in [0.1, 0.15) is 0 Å². The van der Waals surface area contributed by atoms with Crippen molar-refractivity contribution < 1.29 is 14.7 Å². The Bertz CT molecular complexity index is 531. The molecule has 2 unspecified atom stereocenters. The Hall–Kier alpha value is -1.75. The number of carboxylic acid groups (broad SMARTS) is 1. The maximum Gasteiger partial charge on any atom is 0.317 e. The number of nitrogens with one attached hydrogen (secondary N) is 1. The summed E-state index contributed by atoms with van der Waals surface area (Å²) in [5.74, 6) is -0.991. The molecule has 0 aromatic heterocycles. The summed E-state index contributed by atoms with van der Waals surface area (Å²) in [6, 6.07) is 7.35. The molecule has 0 aliphatic rings. The van der Waals surface area contributed by atoms with Gasteiger partial charge in [-0.25, -0.2) is 4.79 Å². The highest BCUT2D eigenvalue weighted by Gasteiger charge is 2.20. The van der Waals surface area contributed by atoms with Crippen molar-refractivity contribution in [1.29, 1.82) is 0 Å². The number of nitrogens with zero attached hydrogens (tertiary/aromatic N) is 1. The van der Waals surface area contributed by atoms with E-state index in [-0.39, 0.29) is 18.5 Å². The third kappa shape index (κ3) is 6.10. The zero-order valence-corrected chi connectivity index (χ0v) is 14.8. The molecule has 23 heavy (non-hydrogen) atoms. The van der Waals surface area contributed by atoms with E-state index in [4.69, 9.17) is 16.7 Å². The van der Waals surface area contributed by atoms with Gasteiger partial charge in [0.15, 0.2) is 0 Å². The molecule has 0 aliphatic carbocycles. The molecule has 6 heteroatoms. The molecule has 1 aromatic carbocycles. The summed E-state index contributed by atoms with van der Waals surface area (Å²) in [6.45, 7) is 6.44. The van der Waals surface area contributed by atoms with E-state index in [2.05, 4.69) is 19.2 Å². The molecular formula is C17H25ClN2O3. The van der Waals surface area contributed by atoms with Crippen molar-refractivity contribution in [1.82, 2.24) is 10.2 Å². The van der Waals surface area contributed by atoms with Gasteiger partial charge >= 0.3 is 12.0 Å². The molecule has 128 valence electrons. The minimum Gasteiger partial charge on any atom is -0.481 e. The molecule has 5 nitrogen and oxygen atoms in total. The minimum absolute atomic E-state index is 0.168. The highest BCUT2D eigenvalue weighted by Crippen LogP contribution is 2.25. The van der Waals surface area contributed by atoms with E-state index >= 15 is 0 Å². The summed E-state index contributed by atoms with van der Waals surface area (Å²) in [5, 5.41) is 12.5. The van der Waals surface area contributed by atoms with Crippen LogP contribution in [0.2, 0.25) is 5.02 Å². The van der Waals surface area contributed by atoms with E-state index in [1.807, 2.05) is 24.3 Å². The molecule has 2 atom stereocenters. The Morgan fingerprint density at radius 1 is 1.22 bits per heavy atom. The van der Waals surface area contributed by atoms with Crippen LogP contribution in [0.5, 0.6) is 0 Å². The number of urea groups is 1. The number of hydrogen-bond donors (Lipinski definition) is 2. The van der Waals surface area contributed by atoms with Crippen molar-refractivity contribution >= 4 is 23.6 Å². The van der Waals surface area contributed by atoms with Gasteiger partial charge in [-0.1, -0.05) is 44.5 Å². The van der Waals surface area contributed by atoms with Crippen LogP contribution in [-0.4, -0.2) is 42.1 Å². The van der Waals surface area contributed by atoms with Gasteiger partial charge in [0, 0.05) is 31.1 Å². The summed E-state index contributed by atoms with van der Waals surface area (Å²) >= 11 is 5.91. The van der Waals surface area contributed by atoms with Crippen molar-refractivity contribution in [3.63, 3.8) is 0 Å². The maximum absolute atomic E-state index is 12.1. The van der Waals surface area contributed by atoms with Gasteiger partial charge in [-0.05, 0) is 23.6 Å². The molecule has 0 radical (unpaired) electrons. The number of rotatable bonds is 7. The number of carbonyl (C=O) groups is 2. The second-order valence-electron chi connectivity index (χ2n) is 6.21. The Labute approximate surface area is 142 Å². The molecule has 2 N–H and O–H groups in total. The SMILES string of the molecule is CC(CN(C)C(=O)NCC(c1ccc(Cl)cc1)C(C)C)C(=O)O. The lowest BCUT2D eigenvalue weighted by Crippen LogP contribution is -2.42. The molecule has 0 fully saturated rings. The summed E-state index contributed by atoms with van der Waals surface area (Å²) in [5.41, 5.74) is 1.12. The monoisotopic (exact) mass is 340 g/mol. The van der Waals surface area contributed by atoms with Crippen LogP contribution in [0.25, 0.3) is 0 Å². The molecule has 0 heterocycles. The molecule has 1 rings (SSSR count). The topological polar surface area (TPSA) is 69.6 Å². The fourth-order valence-electron chi connectivity index (χ4n) is 2.35. The average molecular weight is 341 g/mol. The van der Waals surface area contributed by atoms with Crippen molar-refractivity contribution in [3.05, 3.63) is 34.9 Å². The molecule has 0 saturated heterocycles. The number of hydrogen-bond acceptors (Lipinski definition) is 2. The Morgan fingerprint density at radius 3 is 2.26 bits per heavy atom. The Kier molecular flexibility index (Phi) is 7.36. The second kappa shape index (κ2) is 8.77. The first kappa shape index (κ1) is 19.3. The number of amides is 2. The fourth-order valence-corrected chi connectivity index (χ4v) is 2.48. The van der Waals surface area contributed by atoms with Crippen LogP contribution in [0.15, 0.2) is 24.3 Å². The van der Waals surface area contributed by atoms with Crippen molar-refractivity contribution in [2.24, 2.45) is 11.8 Å². The van der Waals surface area contributed by atoms with Gasteiger partial charge in [0.05, 0.1) is 5.92 Å². The smallest absolute Gasteiger partial charge is 0.317 e. The zero-order chi connectivity index (χ0) is 17.6. The predicted molar refractivity (Wildman–Crippen MR) is 91.9 cm³/mol. The molecule has 1 aromatic rings. The first-order valence-electron chi connectivity index (χ1n) is 7.69. The number of carbonyl (C=O) groups excluding carboxylic acids is 1. The van der Waals surface area contributed by atoms with E-state index in [0.717, 1.165) is 5.56 Å². The highest BCUT2D eigenvalue weighted by molar-refractivity contribution is 6.30. The standard InChI is InChI=1S/C17H25ClN2O3/c1-11(2)15(13-5-7-14(18)8-6-13)9-19-17(23)20(4)10-12(3)16(21)22/h5-8,11-12,15H,9-10H2,1-4H3,(H,19,23)(H,21,22). The van der Waals surface area contributed by atoms with Gasteiger partial charge in [-0.2, -0.15) is 0 Å². The number of aliphatic carboxylic acids is 1. The van der Waals surface area contributed by atoms with Crippen molar-refractivity contribution in [2.75, 3.05) is 20.1 Å². The first-order chi connectivity index (χ1) is 10.7. The summed E-state index contributed by atoms with van der Waals surface area (Å²) < 4.78 is 0. The summed E-state index contributed by atoms with van der Waals surface area (Å²) in [4.78, 5) is 24.4. The second-order valence-corrected chi connectivity index (χ2v) is 6.64. The first-order valence-corrected chi connectivity index (χ1v) is 8.07. The Balaban J connectivity index is 2.63. The number of halogens is 1. The van der Waals surface area contributed by atoms with E-state index in [9.17, 15) is 9.59 Å². The Morgan fingerprint density at radius 2 is 1.78 bits per heavy atom. The van der Waals surface area contributed by atoms with Crippen LogP contribution in [0.1, 0.15) is 32.3 Å². The summed E-state index contributed by atoms with van der Waals surface area (Å²) in [7, 11) is 1.60. The van der Waals surface area contributed by atoms with Crippen molar-refractivity contribution in [2.45, 2.75) is 26.7 Å². The predicted octanol–water partition coefficient (Wildman–Crippen LogP) is 3.44. The minimum atomic E-state index is -0.911. The van der Waals surface area contributed by atoms with Crippen LogP contribution >= 0.6 is 11.6 Å². The van der Waals surface area contributed by atoms with Gasteiger partial charge in [0.25, 0.3) is 0 Å². The molecule has 0 saturated carbocycles. The van der Waals surface area contributed by atoms with E-state index in [1.54, 1.807) is 14.0 Å². The van der Waals surface area contributed by atoms with E-state index in [0.29, 0.717) is 17.5 Å².